The molecule has 10 nitrogen and oxygen atoms in total. The van der Waals surface area contributed by atoms with Gasteiger partial charge in [0.05, 0.1) is 42.7 Å². The van der Waals surface area contributed by atoms with Crippen LogP contribution in [-0.4, -0.2) is 72.8 Å². The number of aromatic hydroxyl groups is 1. The van der Waals surface area contributed by atoms with Gasteiger partial charge in [-0.25, -0.2) is 9.79 Å². The lowest BCUT2D eigenvalue weighted by atomic mass is 10.00. The molecule has 39 heavy (non-hydrogen) atoms. The van der Waals surface area contributed by atoms with E-state index in [1.54, 1.807) is 61.5 Å². The van der Waals surface area contributed by atoms with Gasteiger partial charge in [-0.1, -0.05) is 36.4 Å². The molecule has 0 unspecified atom stereocenters. The van der Waals surface area contributed by atoms with Gasteiger partial charge in [0.25, 0.3) is 0 Å². The summed E-state index contributed by atoms with van der Waals surface area (Å²) >= 11 is 0. The number of anilines is 1. The highest BCUT2D eigenvalue weighted by Gasteiger charge is 2.20. The molecule has 0 bridgehead atoms. The number of H-pyrrole nitrogens is 1. The Kier molecular flexibility index (Phi) is 8.07. The lowest BCUT2D eigenvalue weighted by molar-refractivity contribution is -0.121. The van der Waals surface area contributed by atoms with E-state index < -0.39 is 11.9 Å². The summed E-state index contributed by atoms with van der Waals surface area (Å²) in [4.78, 5) is 46.6. The van der Waals surface area contributed by atoms with Crippen molar-refractivity contribution < 1.29 is 24.2 Å². The number of methoxy groups -OCH3 is 1. The van der Waals surface area contributed by atoms with E-state index in [-0.39, 0.29) is 24.9 Å². The van der Waals surface area contributed by atoms with Crippen LogP contribution < -0.4 is 10.6 Å². The second kappa shape index (κ2) is 11.6. The maximum atomic E-state index is 12.6. The third-order valence-corrected chi connectivity index (χ3v) is 6.17. The maximum Gasteiger partial charge on any atom is 0.337 e. The summed E-state index contributed by atoms with van der Waals surface area (Å²) in [6, 6.07) is 21.5. The monoisotopic (exact) mass is 527 g/mol. The van der Waals surface area contributed by atoms with Crippen LogP contribution in [-0.2, 0) is 14.3 Å². The molecule has 4 N–H and O–H groups in total. The zero-order chi connectivity index (χ0) is 28.1. The molecule has 0 aliphatic carbocycles. The van der Waals surface area contributed by atoms with Gasteiger partial charge < -0.3 is 25.5 Å². The number of esters is 1. The standard InChI is InChI=1S/C29H29N5O5/c1-33(16-24(30)35)17-25(36)34(2)21-12-10-20(11-13-21)31-27(18-7-5-4-6-8-18)26-22-14-9-19(29(38)39-3)15-23(22)32-28(26)37/h4-15,32,37H,16-17H2,1-3H3,(H2,30,35). The fraction of sp³-hybridized carbons (Fsp3) is 0.172. The van der Waals surface area contributed by atoms with E-state index in [4.69, 9.17) is 15.5 Å². The van der Waals surface area contributed by atoms with Crippen LogP contribution in [0.3, 0.4) is 0 Å². The largest absolute Gasteiger partial charge is 0.494 e. The van der Waals surface area contributed by atoms with Crippen molar-refractivity contribution in [1.82, 2.24) is 9.88 Å². The van der Waals surface area contributed by atoms with Crippen LogP contribution >= 0.6 is 0 Å². The number of likely N-dealkylation sites (N-methyl/N-ethyl adjacent to an activating group) is 2. The van der Waals surface area contributed by atoms with Crippen LogP contribution in [0.25, 0.3) is 10.9 Å². The quantitative estimate of drug-likeness (QED) is 0.225. The lowest BCUT2D eigenvalue weighted by Crippen LogP contribution is -2.40. The van der Waals surface area contributed by atoms with E-state index in [2.05, 4.69) is 4.98 Å². The molecular weight excluding hydrogens is 498 g/mol. The summed E-state index contributed by atoms with van der Waals surface area (Å²) in [5, 5.41) is 11.6. The number of carbonyl (C=O) groups is 3. The minimum Gasteiger partial charge on any atom is -0.494 e. The van der Waals surface area contributed by atoms with E-state index in [9.17, 15) is 19.5 Å². The van der Waals surface area contributed by atoms with Crippen LogP contribution in [0, 0.1) is 0 Å². The van der Waals surface area contributed by atoms with Crippen LogP contribution in [0.15, 0.2) is 77.8 Å². The average molecular weight is 528 g/mol. The first-order chi connectivity index (χ1) is 18.7. The number of aliphatic imine (C=N–C) groups is 1. The van der Waals surface area contributed by atoms with Crippen molar-refractivity contribution in [2.45, 2.75) is 0 Å². The lowest BCUT2D eigenvalue weighted by Gasteiger charge is -2.21. The van der Waals surface area contributed by atoms with Crippen molar-refractivity contribution in [3.63, 3.8) is 0 Å². The number of aromatic amines is 1. The van der Waals surface area contributed by atoms with Gasteiger partial charge in [-0.2, -0.15) is 0 Å². The van der Waals surface area contributed by atoms with Crippen LogP contribution in [0.5, 0.6) is 5.88 Å². The van der Waals surface area contributed by atoms with E-state index in [1.807, 2.05) is 30.3 Å². The van der Waals surface area contributed by atoms with Crippen molar-refractivity contribution in [2.75, 3.05) is 39.2 Å². The highest BCUT2D eigenvalue weighted by atomic mass is 16.5. The van der Waals surface area contributed by atoms with Gasteiger partial charge in [0.2, 0.25) is 11.8 Å². The van der Waals surface area contributed by atoms with Gasteiger partial charge in [0, 0.05) is 29.2 Å². The Morgan fingerprint density at radius 2 is 1.64 bits per heavy atom. The van der Waals surface area contributed by atoms with E-state index in [0.717, 1.165) is 5.56 Å². The van der Waals surface area contributed by atoms with Crippen LogP contribution in [0.4, 0.5) is 11.4 Å². The number of hydrogen-bond acceptors (Lipinski definition) is 7. The Hall–Kier alpha value is -4.96. The molecule has 0 spiro atoms. The van der Waals surface area contributed by atoms with Gasteiger partial charge >= 0.3 is 5.97 Å². The minimum atomic E-state index is -0.505. The molecule has 4 aromatic rings. The second-order valence-electron chi connectivity index (χ2n) is 9.03. The Morgan fingerprint density at radius 3 is 2.28 bits per heavy atom. The molecule has 2 amide bonds. The summed E-state index contributed by atoms with van der Waals surface area (Å²) in [5.41, 5.74) is 9.15. The Balaban J connectivity index is 1.69. The number of hydrogen-bond donors (Lipinski definition) is 3. The molecule has 10 heteroatoms. The molecule has 4 rings (SSSR count). The smallest absolute Gasteiger partial charge is 0.337 e. The number of nitrogens with two attached hydrogens (primary N) is 1. The van der Waals surface area contributed by atoms with E-state index in [0.29, 0.717) is 39.1 Å². The maximum absolute atomic E-state index is 12.6. The number of nitrogens with one attached hydrogen (secondary N) is 1. The molecule has 0 fully saturated rings. The van der Waals surface area contributed by atoms with Gasteiger partial charge in [-0.3, -0.25) is 14.5 Å². The number of rotatable bonds is 9. The van der Waals surface area contributed by atoms with Crippen molar-refractivity contribution >= 4 is 45.8 Å². The number of primary amides is 1. The molecule has 3 aromatic carbocycles. The van der Waals surface area contributed by atoms with E-state index in [1.165, 1.54) is 12.0 Å². The second-order valence-corrected chi connectivity index (χ2v) is 9.03. The zero-order valence-corrected chi connectivity index (χ0v) is 21.8. The van der Waals surface area contributed by atoms with Crippen molar-refractivity contribution in [3.05, 3.63) is 89.5 Å². The van der Waals surface area contributed by atoms with Gasteiger partial charge in [0.15, 0.2) is 5.88 Å². The highest BCUT2D eigenvalue weighted by Crippen LogP contribution is 2.32. The highest BCUT2D eigenvalue weighted by molar-refractivity contribution is 6.22. The summed E-state index contributed by atoms with van der Waals surface area (Å²) < 4.78 is 4.81. The first-order valence-corrected chi connectivity index (χ1v) is 12.1. The summed E-state index contributed by atoms with van der Waals surface area (Å²) in [7, 11) is 4.61. The van der Waals surface area contributed by atoms with E-state index >= 15 is 0 Å². The number of benzene rings is 3. The van der Waals surface area contributed by atoms with Crippen LogP contribution in [0.1, 0.15) is 21.5 Å². The molecule has 0 saturated heterocycles. The normalized spacial score (nSPS) is 11.5. The fourth-order valence-corrected chi connectivity index (χ4v) is 4.21. The third kappa shape index (κ3) is 6.13. The molecule has 1 aromatic heterocycles. The summed E-state index contributed by atoms with van der Waals surface area (Å²) in [6.45, 7) is 0.0230. The number of nitrogens with zero attached hydrogens (tertiary/aromatic N) is 3. The predicted molar refractivity (Wildman–Crippen MR) is 150 cm³/mol. The van der Waals surface area contributed by atoms with Crippen LogP contribution in [0.2, 0.25) is 0 Å². The predicted octanol–water partition coefficient (Wildman–Crippen LogP) is 3.21. The molecule has 0 saturated carbocycles. The molecular formula is C29H29N5O5. The van der Waals surface area contributed by atoms with Gasteiger partial charge in [-0.05, 0) is 43.4 Å². The zero-order valence-electron chi connectivity index (χ0n) is 21.8. The number of ether oxygens (including phenoxy) is 1. The number of aromatic nitrogens is 1. The molecule has 0 radical (unpaired) electrons. The number of amides is 2. The topological polar surface area (TPSA) is 141 Å². The number of carbonyl (C=O) groups excluding carboxylic acids is 3. The molecule has 1 heterocycles. The van der Waals surface area contributed by atoms with Crippen molar-refractivity contribution in [1.29, 1.82) is 0 Å². The average Bonchev–Trinajstić information content (AvgIpc) is 3.25. The van der Waals surface area contributed by atoms with Gasteiger partial charge in [0.1, 0.15) is 0 Å². The Bertz CT molecular complexity index is 1540. The first kappa shape index (κ1) is 27.1. The Morgan fingerprint density at radius 1 is 0.949 bits per heavy atom. The number of fused-ring (bicyclic) bond motifs is 1. The summed E-state index contributed by atoms with van der Waals surface area (Å²) in [6.07, 6.45) is 0. The van der Waals surface area contributed by atoms with Crippen molar-refractivity contribution in [2.24, 2.45) is 10.7 Å². The third-order valence-electron chi connectivity index (χ3n) is 6.17. The first-order valence-electron chi connectivity index (χ1n) is 12.1. The minimum absolute atomic E-state index is 0.0137. The SMILES string of the molecule is COC(=O)c1ccc2c(C(=Nc3ccc(N(C)C(=O)CN(C)CC(N)=O)cc3)c3ccccc3)c(O)[nH]c2c1. The van der Waals surface area contributed by atoms with Gasteiger partial charge in [-0.15, -0.1) is 0 Å². The molecule has 0 aliphatic rings. The molecule has 0 aliphatic heterocycles. The van der Waals surface area contributed by atoms with Crippen molar-refractivity contribution in [3.8, 4) is 5.88 Å². The molecule has 200 valence electrons. The summed E-state index contributed by atoms with van der Waals surface area (Å²) in [5.74, 6) is -1.27. The Labute approximate surface area is 225 Å². The molecule has 0 atom stereocenters. The fourth-order valence-electron chi connectivity index (χ4n) is 4.21.